The van der Waals surface area contributed by atoms with E-state index in [4.69, 9.17) is 14.0 Å². The van der Waals surface area contributed by atoms with Crippen molar-refractivity contribution >= 4 is 11.8 Å². The molecule has 0 bridgehead atoms. The molecule has 0 radical (unpaired) electrons. The van der Waals surface area contributed by atoms with E-state index in [-0.39, 0.29) is 37.2 Å². The molecule has 0 atom stereocenters. The molecule has 146 valence electrons. The van der Waals surface area contributed by atoms with E-state index >= 15 is 0 Å². The molecule has 9 heteroatoms. The summed E-state index contributed by atoms with van der Waals surface area (Å²) in [5.41, 5.74) is 0.706. The fourth-order valence-electron chi connectivity index (χ4n) is 2.31. The molecule has 0 saturated heterocycles. The summed E-state index contributed by atoms with van der Waals surface area (Å²) < 4.78 is 15.6. The maximum Gasteiger partial charge on any atom is 0.239 e. The summed E-state index contributed by atoms with van der Waals surface area (Å²) in [6.45, 7) is 3.65. The van der Waals surface area contributed by atoms with Crippen LogP contribution < -0.4 is 20.1 Å². The Hall–Kier alpha value is -3.10. The second-order valence-corrected chi connectivity index (χ2v) is 6.08. The minimum Gasteiger partial charge on any atom is -0.493 e. The Labute approximate surface area is 157 Å². The van der Waals surface area contributed by atoms with Gasteiger partial charge in [0, 0.05) is 24.4 Å². The number of ether oxygens (including phenoxy) is 2. The highest BCUT2D eigenvalue weighted by Gasteiger charge is 2.13. The van der Waals surface area contributed by atoms with E-state index < -0.39 is 0 Å². The van der Waals surface area contributed by atoms with Crippen LogP contribution in [0.4, 0.5) is 0 Å². The minimum atomic E-state index is -0.264. The van der Waals surface area contributed by atoms with Gasteiger partial charge in [0.15, 0.2) is 11.5 Å². The van der Waals surface area contributed by atoms with E-state index in [1.807, 2.05) is 13.8 Å². The molecule has 27 heavy (non-hydrogen) atoms. The molecule has 9 nitrogen and oxygen atoms in total. The maximum absolute atomic E-state index is 11.8. The fourth-order valence-corrected chi connectivity index (χ4v) is 2.31. The molecular weight excluding hydrogens is 352 g/mol. The first-order chi connectivity index (χ1) is 12.9. The van der Waals surface area contributed by atoms with Crippen molar-refractivity contribution in [3.8, 4) is 22.9 Å². The van der Waals surface area contributed by atoms with Gasteiger partial charge < -0.3 is 24.6 Å². The van der Waals surface area contributed by atoms with Gasteiger partial charge in [-0.2, -0.15) is 4.98 Å². The van der Waals surface area contributed by atoms with Crippen molar-refractivity contribution in [3.05, 3.63) is 24.1 Å². The molecule has 1 heterocycles. The zero-order valence-electron chi connectivity index (χ0n) is 15.9. The molecule has 0 aliphatic heterocycles. The molecule has 0 fully saturated rings. The Morgan fingerprint density at radius 3 is 2.56 bits per heavy atom. The van der Waals surface area contributed by atoms with Gasteiger partial charge >= 0.3 is 0 Å². The van der Waals surface area contributed by atoms with Crippen LogP contribution in [0, 0.1) is 0 Å². The Morgan fingerprint density at radius 1 is 1.15 bits per heavy atom. The van der Waals surface area contributed by atoms with Crippen molar-refractivity contribution in [2.45, 2.75) is 32.7 Å². The van der Waals surface area contributed by atoms with E-state index in [2.05, 4.69) is 20.8 Å². The van der Waals surface area contributed by atoms with Gasteiger partial charge in [-0.25, -0.2) is 0 Å². The van der Waals surface area contributed by atoms with Crippen LogP contribution in [0.3, 0.4) is 0 Å². The number of rotatable bonds is 9. The van der Waals surface area contributed by atoms with Gasteiger partial charge in [-0.3, -0.25) is 9.59 Å². The van der Waals surface area contributed by atoms with Crippen LogP contribution in [0.25, 0.3) is 11.4 Å². The Balaban J connectivity index is 1.89. The highest BCUT2D eigenvalue weighted by Crippen LogP contribution is 2.31. The molecular formula is C18H24N4O5. The quantitative estimate of drug-likeness (QED) is 0.678. The molecule has 1 aromatic heterocycles. The summed E-state index contributed by atoms with van der Waals surface area (Å²) in [6.07, 6.45) is 0.417. The number of hydrogen-bond donors (Lipinski definition) is 2. The fraction of sp³-hybridized carbons (Fsp3) is 0.444. The van der Waals surface area contributed by atoms with Gasteiger partial charge in [0.25, 0.3) is 0 Å². The number of hydrogen-bond acceptors (Lipinski definition) is 7. The lowest BCUT2D eigenvalue weighted by Crippen LogP contribution is -2.39. The third-order valence-electron chi connectivity index (χ3n) is 3.57. The SMILES string of the molecule is COc1ccc(-c2noc(CCC(=O)NCC(=O)NC(C)C)n2)cc1OC. The highest BCUT2D eigenvalue weighted by atomic mass is 16.5. The second-order valence-electron chi connectivity index (χ2n) is 6.08. The van der Waals surface area contributed by atoms with E-state index in [0.29, 0.717) is 28.8 Å². The molecule has 2 amide bonds. The zero-order chi connectivity index (χ0) is 19.8. The third-order valence-corrected chi connectivity index (χ3v) is 3.57. The monoisotopic (exact) mass is 376 g/mol. The lowest BCUT2D eigenvalue weighted by atomic mass is 10.2. The summed E-state index contributed by atoms with van der Waals surface area (Å²) in [6, 6.07) is 5.31. The van der Waals surface area contributed by atoms with Gasteiger partial charge in [0.2, 0.25) is 23.5 Å². The van der Waals surface area contributed by atoms with Crippen LogP contribution in [-0.4, -0.2) is 48.8 Å². The highest BCUT2D eigenvalue weighted by molar-refractivity contribution is 5.84. The largest absolute Gasteiger partial charge is 0.493 e. The van der Waals surface area contributed by atoms with Gasteiger partial charge in [0.05, 0.1) is 20.8 Å². The summed E-state index contributed by atoms with van der Waals surface area (Å²) >= 11 is 0. The van der Waals surface area contributed by atoms with E-state index in [0.717, 1.165) is 0 Å². The van der Waals surface area contributed by atoms with Gasteiger partial charge in [-0.05, 0) is 32.0 Å². The van der Waals surface area contributed by atoms with Crippen molar-refractivity contribution in [3.63, 3.8) is 0 Å². The molecule has 0 aliphatic carbocycles. The minimum absolute atomic E-state index is 0.0304. The number of carbonyl (C=O) groups is 2. The molecule has 2 aromatic rings. The molecule has 2 N–H and O–H groups in total. The number of nitrogens with zero attached hydrogens (tertiary/aromatic N) is 2. The van der Waals surface area contributed by atoms with Crippen molar-refractivity contribution in [1.82, 2.24) is 20.8 Å². The number of aryl methyl sites for hydroxylation is 1. The topological polar surface area (TPSA) is 116 Å². The number of amides is 2. The van der Waals surface area contributed by atoms with E-state index in [1.165, 1.54) is 0 Å². The number of methoxy groups -OCH3 is 2. The zero-order valence-corrected chi connectivity index (χ0v) is 15.9. The molecule has 2 rings (SSSR count). The van der Waals surface area contributed by atoms with Gasteiger partial charge in [-0.1, -0.05) is 5.16 Å². The van der Waals surface area contributed by atoms with Crippen LogP contribution in [0.1, 0.15) is 26.2 Å². The van der Waals surface area contributed by atoms with Crippen LogP contribution in [-0.2, 0) is 16.0 Å². The smallest absolute Gasteiger partial charge is 0.239 e. The summed E-state index contributed by atoms with van der Waals surface area (Å²) in [5, 5.41) is 9.17. The Bertz CT molecular complexity index is 788. The van der Waals surface area contributed by atoms with Crippen LogP contribution >= 0.6 is 0 Å². The maximum atomic E-state index is 11.8. The Morgan fingerprint density at radius 2 is 1.89 bits per heavy atom. The first kappa shape index (κ1) is 20.2. The van der Waals surface area contributed by atoms with Gasteiger partial charge in [0.1, 0.15) is 0 Å². The van der Waals surface area contributed by atoms with Gasteiger partial charge in [-0.15, -0.1) is 0 Å². The van der Waals surface area contributed by atoms with Crippen molar-refractivity contribution in [1.29, 1.82) is 0 Å². The van der Waals surface area contributed by atoms with Crippen LogP contribution in [0.5, 0.6) is 11.5 Å². The first-order valence-corrected chi connectivity index (χ1v) is 8.54. The summed E-state index contributed by atoms with van der Waals surface area (Å²) in [7, 11) is 3.10. The lowest BCUT2D eigenvalue weighted by Gasteiger charge is -2.08. The van der Waals surface area contributed by atoms with E-state index in [9.17, 15) is 9.59 Å². The number of carbonyl (C=O) groups excluding carboxylic acids is 2. The second kappa shape index (κ2) is 9.56. The predicted octanol–water partition coefficient (Wildman–Crippen LogP) is 1.33. The van der Waals surface area contributed by atoms with Crippen molar-refractivity contribution in [2.75, 3.05) is 20.8 Å². The molecule has 0 saturated carbocycles. The molecule has 1 aromatic carbocycles. The van der Waals surface area contributed by atoms with Crippen LogP contribution in [0.15, 0.2) is 22.7 Å². The molecule has 0 aliphatic rings. The summed E-state index contributed by atoms with van der Waals surface area (Å²) in [5.74, 6) is 1.39. The third kappa shape index (κ3) is 5.98. The first-order valence-electron chi connectivity index (χ1n) is 8.54. The van der Waals surface area contributed by atoms with Crippen molar-refractivity contribution in [2.24, 2.45) is 0 Å². The van der Waals surface area contributed by atoms with Crippen LogP contribution in [0.2, 0.25) is 0 Å². The number of nitrogens with one attached hydrogen (secondary N) is 2. The average Bonchev–Trinajstić information content (AvgIpc) is 3.12. The molecule has 0 unspecified atom stereocenters. The number of aromatic nitrogens is 2. The Kier molecular flexibility index (Phi) is 7.16. The predicted molar refractivity (Wildman–Crippen MR) is 97.4 cm³/mol. The normalized spacial score (nSPS) is 10.6. The standard InChI is InChI=1S/C18H24N4O5/c1-11(2)20-16(24)10-19-15(23)7-8-17-21-18(22-27-17)12-5-6-13(25-3)14(9-12)26-4/h5-6,9,11H,7-8,10H2,1-4H3,(H,19,23)(H,20,24). The van der Waals surface area contributed by atoms with E-state index in [1.54, 1.807) is 32.4 Å². The number of benzene rings is 1. The summed E-state index contributed by atoms with van der Waals surface area (Å²) in [4.78, 5) is 27.6. The molecule has 0 spiro atoms. The van der Waals surface area contributed by atoms with Crippen molar-refractivity contribution < 1.29 is 23.6 Å². The average molecular weight is 376 g/mol. The lowest BCUT2D eigenvalue weighted by molar-refractivity contribution is -0.126.